The van der Waals surface area contributed by atoms with Crippen molar-refractivity contribution in [2.45, 2.75) is 30.9 Å². The third-order valence-electron chi connectivity index (χ3n) is 2.29. The monoisotopic (exact) mass is 243 g/mol. The fourth-order valence-electron chi connectivity index (χ4n) is 1.27. The molecule has 0 fully saturated rings. The van der Waals surface area contributed by atoms with Gasteiger partial charge in [0.2, 0.25) is 0 Å². The van der Waals surface area contributed by atoms with Crippen LogP contribution in [0, 0.1) is 5.41 Å². The topological polar surface area (TPSA) is 26.0 Å². The Hall–Kier alpha value is -0.180. The Kier molecular flexibility index (Phi) is 4.50. The quantitative estimate of drug-likeness (QED) is 0.818. The molecule has 1 atom stereocenters. The van der Waals surface area contributed by atoms with E-state index >= 15 is 0 Å². The predicted molar refractivity (Wildman–Crippen MR) is 69.6 cm³/mol. The predicted octanol–water partition coefficient (Wildman–Crippen LogP) is 3.81. The zero-order valence-corrected chi connectivity index (χ0v) is 11.0. The summed E-state index contributed by atoms with van der Waals surface area (Å²) >= 11 is 7.88. The summed E-state index contributed by atoms with van der Waals surface area (Å²) in [5, 5.41) is 1.20. The molecule has 0 amide bonds. The largest absolute Gasteiger partial charge is 0.329 e. The van der Waals surface area contributed by atoms with E-state index in [1.165, 1.54) is 0 Å². The van der Waals surface area contributed by atoms with Gasteiger partial charge >= 0.3 is 0 Å². The van der Waals surface area contributed by atoms with Gasteiger partial charge in [0, 0.05) is 16.7 Å². The minimum Gasteiger partial charge on any atom is -0.329 e. The van der Waals surface area contributed by atoms with Crippen LogP contribution in [0.25, 0.3) is 0 Å². The first-order valence-electron chi connectivity index (χ1n) is 5.06. The van der Waals surface area contributed by atoms with Gasteiger partial charge in [-0.1, -0.05) is 44.5 Å². The molecule has 0 saturated carbocycles. The highest BCUT2D eigenvalue weighted by molar-refractivity contribution is 8.00. The Morgan fingerprint density at radius 2 is 1.93 bits per heavy atom. The maximum absolute atomic E-state index is 6.11. The number of hydrogen-bond donors (Lipinski definition) is 1. The molecule has 1 nitrogen and oxygen atoms in total. The van der Waals surface area contributed by atoms with Gasteiger partial charge < -0.3 is 5.73 Å². The molecule has 84 valence electrons. The van der Waals surface area contributed by atoms with Gasteiger partial charge in [0.1, 0.15) is 0 Å². The maximum Gasteiger partial charge on any atom is 0.0541 e. The molecule has 1 rings (SSSR count). The van der Waals surface area contributed by atoms with Crippen LogP contribution in [0.15, 0.2) is 29.2 Å². The van der Waals surface area contributed by atoms with Crippen molar-refractivity contribution >= 4 is 23.4 Å². The van der Waals surface area contributed by atoms with Crippen LogP contribution in [0.4, 0.5) is 0 Å². The van der Waals surface area contributed by atoms with Crippen LogP contribution in [0.3, 0.4) is 0 Å². The third kappa shape index (κ3) is 3.71. The fourth-order valence-corrected chi connectivity index (χ4v) is 2.64. The summed E-state index contributed by atoms with van der Waals surface area (Å²) in [6.45, 7) is 7.27. The molecule has 0 saturated heterocycles. The van der Waals surface area contributed by atoms with Crippen molar-refractivity contribution in [1.29, 1.82) is 0 Å². The number of thioether (sulfide) groups is 1. The zero-order valence-electron chi connectivity index (χ0n) is 9.46. The van der Waals surface area contributed by atoms with Crippen LogP contribution in [-0.4, -0.2) is 11.8 Å². The van der Waals surface area contributed by atoms with Crippen molar-refractivity contribution in [2.75, 3.05) is 6.54 Å². The normalized spacial score (nSPS) is 13.9. The molecule has 0 heterocycles. The van der Waals surface area contributed by atoms with Crippen LogP contribution in [-0.2, 0) is 0 Å². The Bertz CT molecular complexity index is 320. The van der Waals surface area contributed by atoms with Crippen LogP contribution < -0.4 is 5.73 Å². The second-order valence-electron chi connectivity index (χ2n) is 4.64. The molecule has 1 aromatic carbocycles. The molecule has 3 heteroatoms. The molecule has 1 unspecified atom stereocenters. The van der Waals surface area contributed by atoms with Gasteiger partial charge in [0.05, 0.1) is 5.02 Å². The molecule has 0 aliphatic rings. The van der Waals surface area contributed by atoms with Crippen molar-refractivity contribution in [3.63, 3.8) is 0 Å². The molecule has 0 aliphatic heterocycles. The number of rotatable bonds is 3. The van der Waals surface area contributed by atoms with E-state index in [1.807, 2.05) is 24.3 Å². The summed E-state index contributed by atoms with van der Waals surface area (Å²) in [6, 6.07) is 7.91. The molecule has 15 heavy (non-hydrogen) atoms. The lowest BCUT2D eigenvalue weighted by molar-refractivity contribution is 0.398. The first kappa shape index (κ1) is 12.9. The highest BCUT2D eigenvalue weighted by atomic mass is 35.5. The average molecular weight is 244 g/mol. The van der Waals surface area contributed by atoms with Crippen LogP contribution in [0.5, 0.6) is 0 Å². The van der Waals surface area contributed by atoms with E-state index in [-0.39, 0.29) is 5.41 Å². The number of hydrogen-bond acceptors (Lipinski definition) is 2. The van der Waals surface area contributed by atoms with Gasteiger partial charge in [0.15, 0.2) is 0 Å². The number of benzene rings is 1. The summed E-state index contributed by atoms with van der Waals surface area (Å²) < 4.78 is 0. The smallest absolute Gasteiger partial charge is 0.0541 e. The van der Waals surface area contributed by atoms with Crippen LogP contribution in [0.1, 0.15) is 20.8 Å². The standard InChI is InChI=1S/C12H18ClNS/c1-12(2,3)11(8-14)15-10-7-5-4-6-9(10)13/h4-7,11H,8,14H2,1-3H3. The molecule has 2 N–H and O–H groups in total. The van der Waals surface area contributed by atoms with E-state index in [2.05, 4.69) is 20.8 Å². The Labute approximate surface area is 101 Å². The molecule has 1 aromatic rings. The van der Waals surface area contributed by atoms with Gasteiger partial charge in [-0.3, -0.25) is 0 Å². The molecule has 0 bridgehead atoms. The minimum atomic E-state index is 0.193. The van der Waals surface area contributed by atoms with E-state index in [4.69, 9.17) is 17.3 Å². The number of halogens is 1. The molecular weight excluding hydrogens is 226 g/mol. The first-order valence-corrected chi connectivity index (χ1v) is 6.32. The van der Waals surface area contributed by atoms with Crippen molar-refractivity contribution in [2.24, 2.45) is 11.1 Å². The van der Waals surface area contributed by atoms with Gasteiger partial charge in [-0.05, 0) is 17.5 Å². The van der Waals surface area contributed by atoms with Gasteiger partial charge in [-0.25, -0.2) is 0 Å². The van der Waals surface area contributed by atoms with Gasteiger partial charge in [-0.2, -0.15) is 0 Å². The molecule has 0 radical (unpaired) electrons. The van der Waals surface area contributed by atoms with Crippen molar-refractivity contribution in [3.05, 3.63) is 29.3 Å². The van der Waals surface area contributed by atoms with Crippen molar-refractivity contribution in [3.8, 4) is 0 Å². The van der Waals surface area contributed by atoms with Crippen molar-refractivity contribution < 1.29 is 0 Å². The summed E-state index contributed by atoms with van der Waals surface area (Å²) in [5.74, 6) is 0. The average Bonchev–Trinajstić information content (AvgIpc) is 2.14. The molecule has 0 spiro atoms. The first-order chi connectivity index (χ1) is 6.95. The summed E-state index contributed by atoms with van der Waals surface area (Å²) in [4.78, 5) is 1.12. The lowest BCUT2D eigenvalue weighted by Gasteiger charge is -2.29. The Morgan fingerprint density at radius 1 is 1.33 bits per heavy atom. The summed E-state index contributed by atoms with van der Waals surface area (Å²) in [5.41, 5.74) is 5.99. The highest BCUT2D eigenvalue weighted by Gasteiger charge is 2.24. The van der Waals surface area contributed by atoms with E-state index in [0.717, 1.165) is 9.92 Å². The lowest BCUT2D eigenvalue weighted by Crippen LogP contribution is -2.30. The van der Waals surface area contributed by atoms with E-state index in [9.17, 15) is 0 Å². The van der Waals surface area contributed by atoms with E-state index < -0.39 is 0 Å². The maximum atomic E-state index is 6.11. The zero-order chi connectivity index (χ0) is 11.5. The van der Waals surface area contributed by atoms with E-state index in [0.29, 0.717) is 11.8 Å². The van der Waals surface area contributed by atoms with Crippen LogP contribution >= 0.6 is 23.4 Å². The minimum absolute atomic E-state index is 0.193. The molecule has 0 aromatic heterocycles. The van der Waals surface area contributed by atoms with Gasteiger partial charge in [-0.15, -0.1) is 11.8 Å². The van der Waals surface area contributed by atoms with Crippen molar-refractivity contribution in [1.82, 2.24) is 0 Å². The Balaban J connectivity index is 2.80. The SMILES string of the molecule is CC(C)(C)C(CN)Sc1ccccc1Cl. The second-order valence-corrected chi connectivity index (χ2v) is 6.29. The second kappa shape index (κ2) is 5.24. The van der Waals surface area contributed by atoms with Gasteiger partial charge in [0.25, 0.3) is 0 Å². The fraction of sp³-hybridized carbons (Fsp3) is 0.500. The lowest BCUT2D eigenvalue weighted by atomic mass is 9.92. The van der Waals surface area contributed by atoms with E-state index in [1.54, 1.807) is 11.8 Å². The molecule has 0 aliphatic carbocycles. The summed E-state index contributed by atoms with van der Waals surface area (Å²) in [6.07, 6.45) is 0. The highest BCUT2D eigenvalue weighted by Crippen LogP contribution is 2.37. The third-order valence-corrected chi connectivity index (χ3v) is 4.52. The van der Waals surface area contributed by atoms with Crippen LogP contribution in [0.2, 0.25) is 5.02 Å². The number of nitrogens with two attached hydrogens (primary N) is 1. The Morgan fingerprint density at radius 3 is 2.40 bits per heavy atom. The summed E-state index contributed by atoms with van der Waals surface area (Å²) in [7, 11) is 0. The molecular formula is C12H18ClNS.